The number of nitrogens with one attached hydrogen (secondary N) is 1. The minimum Gasteiger partial charge on any atom is -0.366 e. The maximum absolute atomic E-state index is 13.1. The lowest BCUT2D eigenvalue weighted by Gasteiger charge is -2.60. The molecule has 1 aromatic rings. The van der Waals surface area contributed by atoms with Crippen molar-refractivity contribution in [1.82, 2.24) is 20.1 Å². The van der Waals surface area contributed by atoms with Gasteiger partial charge in [-0.3, -0.25) is 9.78 Å². The molecule has 5 rings (SSSR count). The first kappa shape index (κ1) is 19.1. The van der Waals surface area contributed by atoms with Gasteiger partial charge in [0, 0.05) is 31.6 Å². The molecule has 29 heavy (non-hydrogen) atoms. The average Bonchev–Trinajstić information content (AvgIpc) is 2.63. The number of nitrogens with zero attached hydrogens (tertiary/aromatic N) is 3. The number of halogens is 2. The Morgan fingerprint density at radius 3 is 2.93 bits per heavy atom. The summed E-state index contributed by atoms with van der Waals surface area (Å²) in [6.45, 7) is 2.84. The summed E-state index contributed by atoms with van der Waals surface area (Å²) in [5.41, 5.74) is 0.965. The number of hydrogen-bond acceptors (Lipinski definition) is 4. The second kappa shape index (κ2) is 7.09. The molecule has 9 heteroatoms. The van der Waals surface area contributed by atoms with E-state index in [2.05, 4.69) is 10.3 Å². The summed E-state index contributed by atoms with van der Waals surface area (Å²) >= 11 is 6.09. The number of fused-ring (bicyclic) bond motifs is 1. The molecule has 1 saturated carbocycles. The normalized spacial score (nSPS) is 28.4. The Kier molecular flexibility index (Phi) is 4.66. The van der Waals surface area contributed by atoms with E-state index in [0.29, 0.717) is 24.0 Å². The molecule has 1 N–H and O–H groups in total. The van der Waals surface area contributed by atoms with Gasteiger partial charge in [-0.25, -0.2) is 9.18 Å². The van der Waals surface area contributed by atoms with Crippen molar-refractivity contribution in [3.8, 4) is 0 Å². The van der Waals surface area contributed by atoms with Gasteiger partial charge in [-0.15, -0.1) is 0 Å². The molecule has 3 saturated heterocycles. The molecule has 0 aromatic carbocycles. The predicted molar refractivity (Wildman–Crippen MR) is 103 cm³/mol. The molecular formula is C20H24ClFN4O3. The van der Waals surface area contributed by atoms with Crippen molar-refractivity contribution in [3.63, 3.8) is 0 Å². The van der Waals surface area contributed by atoms with Gasteiger partial charge >= 0.3 is 6.03 Å². The third-order valence-electron chi connectivity index (χ3n) is 6.73. The molecule has 156 valence electrons. The number of morpholine rings is 1. The van der Waals surface area contributed by atoms with Crippen LogP contribution in [0.25, 0.3) is 0 Å². The molecule has 0 unspecified atom stereocenters. The number of ether oxygens (including phenoxy) is 1. The van der Waals surface area contributed by atoms with Crippen molar-refractivity contribution in [3.05, 3.63) is 28.8 Å². The van der Waals surface area contributed by atoms with Gasteiger partial charge in [0.1, 0.15) is 12.4 Å². The van der Waals surface area contributed by atoms with Gasteiger partial charge in [0.25, 0.3) is 0 Å². The maximum Gasteiger partial charge on any atom is 0.320 e. The zero-order chi connectivity index (χ0) is 20.2. The molecule has 4 fully saturated rings. The number of urea groups is 1. The van der Waals surface area contributed by atoms with Gasteiger partial charge in [0.2, 0.25) is 5.91 Å². The van der Waals surface area contributed by atoms with E-state index in [1.807, 2.05) is 9.80 Å². The van der Waals surface area contributed by atoms with Gasteiger partial charge in [-0.05, 0) is 37.7 Å². The second-order valence-corrected chi connectivity index (χ2v) is 9.36. The smallest absolute Gasteiger partial charge is 0.320 e. The zero-order valence-electron chi connectivity index (χ0n) is 16.1. The van der Waals surface area contributed by atoms with E-state index < -0.39 is 5.82 Å². The lowest BCUT2D eigenvalue weighted by atomic mass is 9.57. The Bertz CT molecular complexity index is 839. The molecule has 3 aliphatic heterocycles. The third kappa shape index (κ3) is 3.57. The van der Waals surface area contributed by atoms with Crippen molar-refractivity contribution in [1.29, 1.82) is 0 Å². The van der Waals surface area contributed by atoms with Crippen molar-refractivity contribution in [2.45, 2.75) is 37.8 Å². The van der Waals surface area contributed by atoms with Crippen LogP contribution in [-0.2, 0) is 16.0 Å². The van der Waals surface area contributed by atoms with Crippen molar-refractivity contribution >= 4 is 23.5 Å². The number of carbonyl (C=O) groups is 2. The van der Waals surface area contributed by atoms with Crippen molar-refractivity contribution < 1.29 is 18.7 Å². The van der Waals surface area contributed by atoms with Gasteiger partial charge in [-0.1, -0.05) is 11.6 Å². The number of likely N-dealkylation sites (tertiary alicyclic amines) is 2. The first-order chi connectivity index (χ1) is 13.9. The highest BCUT2D eigenvalue weighted by molar-refractivity contribution is 6.31. The van der Waals surface area contributed by atoms with Crippen LogP contribution < -0.4 is 5.32 Å². The monoisotopic (exact) mass is 422 g/mol. The summed E-state index contributed by atoms with van der Waals surface area (Å²) in [4.78, 5) is 32.3. The van der Waals surface area contributed by atoms with Crippen LogP contribution in [0, 0.1) is 17.2 Å². The van der Waals surface area contributed by atoms with Crippen LogP contribution in [-0.4, -0.2) is 71.7 Å². The van der Waals surface area contributed by atoms with Gasteiger partial charge in [0.15, 0.2) is 0 Å². The third-order valence-corrected chi connectivity index (χ3v) is 7.05. The maximum atomic E-state index is 13.1. The first-order valence-electron chi connectivity index (χ1n) is 10.2. The number of rotatable bonds is 2. The standard InChI is InChI=1S/C20H24ClFN4O3/c21-14-4-13(22)7-23-15(14)3-12-5-20(6-12)10-26(11-20)19(28)25-2-1-17-16(8-25)24-18(27)9-29-17/h4,7,12,16-17H,1-3,5-6,8-11H2,(H,24,27)/t16-,17+/m0/s1. The molecule has 1 spiro atoms. The topological polar surface area (TPSA) is 74.8 Å². The second-order valence-electron chi connectivity index (χ2n) is 8.96. The Labute approximate surface area is 173 Å². The summed E-state index contributed by atoms with van der Waals surface area (Å²) in [5.74, 6) is -0.0480. The highest BCUT2D eigenvalue weighted by Gasteiger charge is 2.54. The summed E-state index contributed by atoms with van der Waals surface area (Å²) in [5, 5.41) is 3.32. The highest BCUT2D eigenvalue weighted by Crippen LogP contribution is 2.53. The molecule has 2 atom stereocenters. The average molecular weight is 423 g/mol. The van der Waals surface area contributed by atoms with Gasteiger partial charge in [-0.2, -0.15) is 0 Å². The molecule has 0 bridgehead atoms. The quantitative estimate of drug-likeness (QED) is 0.789. The number of piperidine rings is 1. The Morgan fingerprint density at radius 2 is 2.17 bits per heavy atom. The van der Waals surface area contributed by atoms with E-state index in [9.17, 15) is 14.0 Å². The molecular weight excluding hydrogens is 399 g/mol. The lowest BCUT2D eigenvalue weighted by Crippen LogP contribution is -2.68. The summed E-state index contributed by atoms with van der Waals surface area (Å²) < 4.78 is 18.7. The first-order valence-corrected chi connectivity index (χ1v) is 10.5. The number of carbonyl (C=O) groups excluding carboxylic acids is 2. The van der Waals surface area contributed by atoms with E-state index in [1.54, 1.807) is 0 Å². The molecule has 4 aliphatic rings. The minimum absolute atomic E-state index is 0.0127. The Hall–Kier alpha value is -1.93. The van der Waals surface area contributed by atoms with Crippen LogP contribution in [0.4, 0.5) is 9.18 Å². The molecule has 7 nitrogen and oxygen atoms in total. The van der Waals surface area contributed by atoms with E-state index in [1.165, 1.54) is 12.3 Å². The zero-order valence-corrected chi connectivity index (χ0v) is 16.8. The van der Waals surface area contributed by atoms with E-state index >= 15 is 0 Å². The number of hydrogen-bond donors (Lipinski definition) is 1. The van der Waals surface area contributed by atoms with Gasteiger partial charge < -0.3 is 19.9 Å². The fourth-order valence-electron chi connectivity index (χ4n) is 5.41. The van der Waals surface area contributed by atoms with E-state index in [0.717, 1.165) is 44.5 Å². The lowest BCUT2D eigenvalue weighted by molar-refractivity contribution is -0.140. The van der Waals surface area contributed by atoms with Crippen molar-refractivity contribution in [2.24, 2.45) is 11.3 Å². The molecule has 1 aromatic heterocycles. The van der Waals surface area contributed by atoms with E-state index in [-0.39, 0.29) is 36.1 Å². The molecule has 4 heterocycles. The van der Waals surface area contributed by atoms with Crippen LogP contribution in [0.5, 0.6) is 0 Å². The minimum atomic E-state index is -0.416. The van der Waals surface area contributed by atoms with Crippen LogP contribution >= 0.6 is 11.6 Å². The summed E-state index contributed by atoms with van der Waals surface area (Å²) in [7, 11) is 0. The molecule has 0 radical (unpaired) electrons. The van der Waals surface area contributed by atoms with E-state index in [4.69, 9.17) is 16.3 Å². The van der Waals surface area contributed by atoms with Crippen LogP contribution in [0.1, 0.15) is 25.0 Å². The predicted octanol–water partition coefficient (Wildman–Crippen LogP) is 1.84. The molecule has 1 aliphatic carbocycles. The number of amides is 3. The largest absolute Gasteiger partial charge is 0.366 e. The van der Waals surface area contributed by atoms with Crippen LogP contribution in [0.2, 0.25) is 5.02 Å². The van der Waals surface area contributed by atoms with Crippen LogP contribution in [0.3, 0.4) is 0 Å². The number of pyridine rings is 1. The highest BCUT2D eigenvalue weighted by atomic mass is 35.5. The SMILES string of the molecule is O=C1CO[C@@H]2CCN(C(=O)N3CC4(CC(Cc5ncc(F)cc5Cl)C4)C3)C[C@@H]2N1. The fourth-order valence-corrected chi connectivity index (χ4v) is 5.64. The van der Waals surface area contributed by atoms with Gasteiger partial charge in [0.05, 0.1) is 29.1 Å². The molecule has 3 amide bonds. The summed E-state index contributed by atoms with van der Waals surface area (Å²) in [6.07, 6.45) is 4.82. The number of aromatic nitrogens is 1. The fraction of sp³-hybridized carbons (Fsp3) is 0.650. The Balaban J connectivity index is 1.10. The van der Waals surface area contributed by atoms with Crippen LogP contribution in [0.15, 0.2) is 12.3 Å². The van der Waals surface area contributed by atoms with Crippen molar-refractivity contribution in [2.75, 3.05) is 32.8 Å². The summed E-state index contributed by atoms with van der Waals surface area (Å²) in [6, 6.07) is 1.26. The Morgan fingerprint density at radius 1 is 1.38 bits per heavy atom.